The summed E-state index contributed by atoms with van der Waals surface area (Å²) in [5.74, 6) is 0.681. The van der Waals surface area contributed by atoms with Gasteiger partial charge in [0.25, 0.3) is 5.91 Å². The number of hydrogen-bond acceptors (Lipinski definition) is 5. The Balaban J connectivity index is 1.62. The fourth-order valence-corrected chi connectivity index (χ4v) is 3.71. The van der Waals surface area contributed by atoms with E-state index in [1.807, 2.05) is 55.5 Å². The van der Waals surface area contributed by atoms with Gasteiger partial charge in [-0.1, -0.05) is 23.8 Å². The second-order valence-electron chi connectivity index (χ2n) is 7.52. The Kier molecular flexibility index (Phi) is 6.26. The van der Waals surface area contributed by atoms with Crippen molar-refractivity contribution in [2.24, 2.45) is 0 Å². The average molecular weight is 405 g/mol. The van der Waals surface area contributed by atoms with Crippen molar-refractivity contribution in [2.45, 2.75) is 6.92 Å². The van der Waals surface area contributed by atoms with E-state index in [2.05, 4.69) is 10.2 Å². The smallest absolute Gasteiger partial charge is 0.252 e. The number of aromatic nitrogens is 1. The van der Waals surface area contributed by atoms with Crippen LogP contribution >= 0.6 is 0 Å². The summed E-state index contributed by atoms with van der Waals surface area (Å²) >= 11 is 0. The van der Waals surface area contributed by atoms with Gasteiger partial charge in [0, 0.05) is 37.1 Å². The molecule has 1 N–H and O–H groups in total. The second kappa shape index (κ2) is 9.24. The quantitative estimate of drug-likeness (QED) is 0.682. The van der Waals surface area contributed by atoms with Crippen LogP contribution in [0.15, 0.2) is 48.5 Å². The number of hydrogen-bond donors (Lipinski definition) is 1. The van der Waals surface area contributed by atoms with Gasteiger partial charge in [0.15, 0.2) is 0 Å². The van der Waals surface area contributed by atoms with Crippen molar-refractivity contribution in [1.82, 2.24) is 15.2 Å². The molecule has 1 aliphatic heterocycles. The molecule has 1 aromatic heterocycles. The zero-order chi connectivity index (χ0) is 20.9. The van der Waals surface area contributed by atoms with Crippen LogP contribution in [0.2, 0.25) is 0 Å². The molecule has 2 aromatic carbocycles. The summed E-state index contributed by atoms with van der Waals surface area (Å²) in [5, 5.41) is 3.95. The van der Waals surface area contributed by atoms with Gasteiger partial charge in [-0.25, -0.2) is 4.98 Å². The number of carbonyl (C=O) groups excluding carboxylic acids is 1. The monoisotopic (exact) mass is 405 g/mol. The summed E-state index contributed by atoms with van der Waals surface area (Å²) in [5.41, 5.74) is 4.21. The Morgan fingerprint density at radius 2 is 2.00 bits per heavy atom. The SMILES string of the molecule is COc1cccc(-c2cc(C(=O)NCCN3CCOCC3)c3cc(C)ccc3n2)c1. The molecule has 0 atom stereocenters. The molecular weight excluding hydrogens is 378 g/mol. The molecule has 0 aliphatic carbocycles. The molecule has 1 aliphatic rings. The highest BCUT2D eigenvalue weighted by Crippen LogP contribution is 2.27. The third-order valence-electron chi connectivity index (χ3n) is 5.39. The third kappa shape index (κ3) is 4.61. The van der Waals surface area contributed by atoms with E-state index >= 15 is 0 Å². The molecule has 0 saturated carbocycles. The van der Waals surface area contributed by atoms with Crippen LogP contribution in [0.25, 0.3) is 22.2 Å². The van der Waals surface area contributed by atoms with Crippen LogP contribution in [0.4, 0.5) is 0 Å². The lowest BCUT2D eigenvalue weighted by Gasteiger charge is -2.26. The van der Waals surface area contributed by atoms with Crippen LogP contribution < -0.4 is 10.1 Å². The molecule has 1 amide bonds. The van der Waals surface area contributed by atoms with Gasteiger partial charge < -0.3 is 14.8 Å². The van der Waals surface area contributed by atoms with E-state index in [4.69, 9.17) is 14.5 Å². The average Bonchev–Trinajstić information content (AvgIpc) is 2.79. The van der Waals surface area contributed by atoms with Gasteiger partial charge >= 0.3 is 0 Å². The molecule has 0 radical (unpaired) electrons. The van der Waals surface area contributed by atoms with Crippen molar-refractivity contribution < 1.29 is 14.3 Å². The number of morpholine rings is 1. The van der Waals surface area contributed by atoms with Gasteiger partial charge in [0.05, 0.1) is 37.1 Å². The molecule has 3 aromatic rings. The highest BCUT2D eigenvalue weighted by molar-refractivity contribution is 6.07. The maximum Gasteiger partial charge on any atom is 0.252 e. The first-order valence-electron chi connectivity index (χ1n) is 10.3. The predicted molar refractivity (Wildman–Crippen MR) is 118 cm³/mol. The Bertz CT molecular complexity index is 1050. The van der Waals surface area contributed by atoms with Gasteiger partial charge in [-0.3, -0.25) is 9.69 Å². The van der Waals surface area contributed by atoms with Gasteiger partial charge in [0.1, 0.15) is 5.75 Å². The van der Waals surface area contributed by atoms with Crippen molar-refractivity contribution in [3.05, 3.63) is 59.7 Å². The predicted octanol–water partition coefficient (Wildman–Crippen LogP) is 3.28. The fraction of sp³-hybridized carbons (Fsp3) is 0.333. The Labute approximate surface area is 176 Å². The summed E-state index contributed by atoms with van der Waals surface area (Å²) in [4.78, 5) is 20.2. The first-order chi connectivity index (χ1) is 14.6. The van der Waals surface area contributed by atoms with Crippen molar-refractivity contribution in [1.29, 1.82) is 0 Å². The normalized spacial score (nSPS) is 14.6. The number of nitrogens with one attached hydrogen (secondary N) is 1. The highest BCUT2D eigenvalue weighted by atomic mass is 16.5. The summed E-state index contributed by atoms with van der Waals surface area (Å²) in [7, 11) is 1.64. The van der Waals surface area contributed by atoms with Crippen LogP contribution in [-0.2, 0) is 4.74 Å². The fourth-order valence-electron chi connectivity index (χ4n) is 3.71. The van der Waals surface area contributed by atoms with Crippen LogP contribution in [0.1, 0.15) is 15.9 Å². The first-order valence-corrected chi connectivity index (χ1v) is 10.3. The van der Waals surface area contributed by atoms with Crippen molar-refractivity contribution in [3.63, 3.8) is 0 Å². The maximum absolute atomic E-state index is 13.1. The van der Waals surface area contributed by atoms with E-state index in [-0.39, 0.29) is 5.91 Å². The topological polar surface area (TPSA) is 63.7 Å². The largest absolute Gasteiger partial charge is 0.497 e. The lowest BCUT2D eigenvalue weighted by molar-refractivity contribution is 0.0383. The van der Waals surface area contributed by atoms with E-state index in [0.29, 0.717) is 12.1 Å². The standard InChI is InChI=1S/C24H27N3O3/c1-17-6-7-22-20(14-17)21(24(28)25-8-9-27-10-12-30-13-11-27)16-23(26-22)18-4-3-5-19(15-18)29-2/h3-7,14-16H,8-13H2,1-2H3,(H,25,28). The number of amides is 1. The summed E-state index contributed by atoms with van der Waals surface area (Å²) < 4.78 is 10.7. The minimum Gasteiger partial charge on any atom is -0.497 e. The molecule has 1 fully saturated rings. The summed E-state index contributed by atoms with van der Waals surface area (Å²) in [6.45, 7) is 6.77. The van der Waals surface area contributed by atoms with Crippen LogP contribution in [0.3, 0.4) is 0 Å². The van der Waals surface area contributed by atoms with Gasteiger partial charge in [0.2, 0.25) is 0 Å². The lowest BCUT2D eigenvalue weighted by Crippen LogP contribution is -2.41. The zero-order valence-corrected chi connectivity index (χ0v) is 17.5. The van der Waals surface area contributed by atoms with Crippen LogP contribution in [-0.4, -0.2) is 62.3 Å². The van der Waals surface area contributed by atoms with E-state index in [1.54, 1.807) is 7.11 Å². The Morgan fingerprint density at radius 3 is 2.80 bits per heavy atom. The molecular formula is C24H27N3O3. The number of benzene rings is 2. The molecule has 0 spiro atoms. The Hall–Kier alpha value is -2.96. The first kappa shape index (κ1) is 20.3. The Morgan fingerprint density at radius 1 is 1.17 bits per heavy atom. The summed E-state index contributed by atoms with van der Waals surface area (Å²) in [6, 6.07) is 15.6. The van der Waals surface area contributed by atoms with E-state index in [0.717, 1.165) is 66.3 Å². The van der Waals surface area contributed by atoms with Crippen LogP contribution in [0, 0.1) is 6.92 Å². The number of ether oxygens (including phenoxy) is 2. The maximum atomic E-state index is 13.1. The molecule has 6 heteroatoms. The summed E-state index contributed by atoms with van der Waals surface area (Å²) in [6.07, 6.45) is 0. The second-order valence-corrected chi connectivity index (χ2v) is 7.52. The zero-order valence-electron chi connectivity index (χ0n) is 17.5. The molecule has 4 rings (SSSR count). The number of fused-ring (bicyclic) bond motifs is 1. The van der Waals surface area contributed by atoms with Crippen molar-refractivity contribution in [3.8, 4) is 17.0 Å². The van der Waals surface area contributed by atoms with E-state index in [9.17, 15) is 4.79 Å². The van der Waals surface area contributed by atoms with Gasteiger partial charge in [-0.05, 0) is 37.3 Å². The van der Waals surface area contributed by atoms with Crippen molar-refractivity contribution >= 4 is 16.8 Å². The number of nitrogens with zero attached hydrogens (tertiary/aromatic N) is 2. The third-order valence-corrected chi connectivity index (χ3v) is 5.39. The number of rotatable bonds is 6. The van der Waals surface area contributed by atoms with E-state index in [1.165, 1.54) is 0 Å². The molecule has 30 heavy (non-hydrogen) atoms. The molecule has 0 unspecified atom stereocenters. The highest BCUT2D eigenvalue weighted by Gasteiger charge is 2.16. The van der Waals surface area contributed by atoms with Gasteiger partial charge in [-0.15, -0.1) is 0 Å². The molecule has 156 valence electrons. The minimum atomic E-state index is -0.0783. The van der Waals surface area contributed by atoms with Gasteiger partial charge in [-0.2, -0.15) is 0 Å². The number of carbonyl (C=O) groups is 1. The molecule has 0 bridgehead atoms. The lowest BCUT2D eigenvalue weighted by atomic mass is 10.0. The minimum absolute atomic E-state index is 0.0783. The number of methoxy groups -OCH3 is 1. The number of pyridine rings is 1. The molecule has 1 saturated heterocycles. The molecule has 2 heterocycles. The molecule has 6 nitrogen and oxygen atoms in total. The van der Waals surface area contributed by atoms with E-state index < -0.39 is 0 Å². The number of aryl methyl sites for hydroxylation is 1. The van der Waals surface area contributed by atoms with Crippen LogP contribution in [0.5, 0.6) is 5.75 Å². The van der Waals surface area contributed by atoms with Crippen molar-refractivity contribution in [2.75, 3.05) is 46.5 Å².